The van der Waals surface area contributed by atoms with E-state index >= 15 is 0 Å². The lowest BCUT2D eigenvalue weighted by Crippen LogP contribution is -2.32. The molecule has 0 aliphatic carbocycles. The molecule has 0 aliphatic rings. The van der Waals surface area contributed by atoms with Crippen LogP contribution in [-0.4, -0.2) is 11.6 Å². The van der Waals surface area contributed by atoms with Crippen molar-refractivity contribution in [1.82, 2.24) is 0 Å². The normalized spacial score (nSPS) is 11.3. The van der Waals surface area contributed by atoms with Crippen LogP contribution in [0.25, 0.3) is 0 Å². The van der Waals surface area contributed by atoms with E-state index in [1.165, 1.54) is 12.3 Å². The van der Waals surface area contributed by atoms with Gasteiger partial charge < -0.3 is 9.94 Å². The summed E-state index contributed by atoms with van der Waals surface area (Å²) in [5, 5.41) is 11.9. The van der Waals surface area contributed by atoms with E-state index in [9.17, 15) is 10.0 Å². The van der Waals surface area contributed by atoms with Crippen LogP contribution in [0.15, 0.2) is 18.3 Å². The lowest BCUT2D eigenvalue weighted by atomic mass is 10.2. The summed E-state index contributed by atoms with van der Waals surface area (Å²) in [6, 6.07) is 3.06. The summed E-state index contributed by atoms with van der Waals surface area (Å²) in [6.07, 6.45) is 1.81. The molecule has 94 valence electrons. The molecule has 0 aromatic carbocycles. The molecule has 1 heterocycles. The van der Waals surface area contributed by atoms with Crippen molar-refractivity contribution < 1.29 is 14.3 Å². The summed E-state index contributed by atoms with van der Waals surface area (Å²) in [7, 11) is 0. The van der Waals surface area contributed by atoms with Gasteiger partial charge in [0, 0.05) is 18.6 Å². The van der Waals surface area contributed by atoms with Crippen molar-refractivity contribution in [2.75, 3.05) is 0 Å². The van der Waals surface area contributed by atoms with Crippen LogP contribution in [0.1, 0.15) is 32.9 Å². The molecular formula is C12H16ClNO3. The van der Waals surface area contributed by atoms with E-state index in [2.05, 4.69) is 0 Å². The van der Waals surface area contributed by atoms with E-state index in [-0.39, 0.29) is 12.4 Å². The number of aryl methyl sites for hydroxylation is 1. The Morgan fingerprint density at radius 1 is 1.53 bits per heavy atom. The molecule has 0 aliphatic heterocycles. The number of aromatic nitrogens is 1. The first-order chi connectivity index (χ1) is 7.78. The molecule has 0 fully saturated rings. The van der Waals surface area contributed by atoms with Crippen LogP contribution in [0, 0.1) is 5.21 Å². The van der Waals surface area contributed by atoms with Crippen molar-refractivity contribution in [3.05, 3.63) is 34.3 Å². The fourth-order valence-corrected chi connectivity index (χ4v) is 1.49. The summed E-state index contributed by atoms with van der Waals surface area (Å²) >= 11 is 5.77. The van der Waals surface area contributed by atoms with E-state index in [0.29, 0.717) is 21.9 Å². The quantitative estimate of drug-likeness (QED) is 0.474. The maximum absolute atomic E-state index is 11.5. The number of halogens is 1. The number of carbonyl (C=O) groups excluding carboxylic acids is 1. The molecule has 1 aromatic heterocycles. The van der Waals surface area contributed by atoms with E-state index in [4.69, 9.17) is 16.3 Å². The van der Waals surface area contributed by atoms with Crippen molar-refractivity contribution in [3.63, 3.8) is 0 Å². The Morgan fingerprint density at radius 2 is 2.18 bits per heavy atom. The van der Waals surface area contributed by atoms with Gasteiger partial charge >= 0.3 is 5.97 Å². The van der Waals surface area contributed by atoms with Crippen molar-refractivity contribution in [2.45, 2.75) is 39.2 Å². The number of esters is 1. The molecule has 0 unspecified atom stereocenters. The van der Waals surface area contributed by atoms with Crippen LogP contribution < -0.4 is 4.73 Å². The molecule has 17 heavy (non-hydrogen) atoms. The number of rotatable bonds is 3. The predicted octanol–water partition coefficient (Wildman–Crippen LogP) is 2.25. The number of carbonyl (C=O) groups is 1. The molecular weight excluding hydrogens is 242 g/mol. The van der Waals surface area contributed by atoms with Gasteiger partial charge in [0.2, 0.25) is 0 Å². The van der Waals surface area contributed by atoms with Gasteiger partial charge in [-0.1, -0.05) is 11.6 Å². The van der Waals surface area contributed by atoms with E-state index in [1.807, 2.05) is 0 Å². The van der Waals surface area contributed by atoms with Crippen LogP contribution >= 0.6 is 11.6 Å². The largest absolute Gasteiger partial charge is 0.619 e. The van der Waals surface area contributed by atoms with E-state index in [1.54, 1.807) is 26.8 Å². The highest BCUT2D eigenvalue weighted by Crippen LogP contribution is 2.11. The van der Waals surface area contributed by atoms with Gasteiger partial charge in [0.05, 0.1) is 11.4 Å². The lowest BCUT2D eigenvalue weighted by molar-refractivity contribution is -0.614. The Hall–Kier alpha value is -1.29. The molecule has 0 N–H and O–H groups in total. The molecule has 0 amide bonds. The molecule has 4 nitrogen and oxygen atoms in total. The summed E-state index contributed by atoms with van der Waals surface area (Å²) in [6.45, 7) is 5.41. The number of nitrogens with zero attached hydrogens (tertiary/aromatic N) is 1. The fraction of sp³-hybridized carbons (Fsp3) is 0.500. The number of hydrogen-bond donors (Lipinski definition) is 0. The maximum atomic E-state index is 11.5. The van der Waals surface area contributed by atoms with Crippen LogP contribution in [0.4, 0.5) is 0 Å². The van der Waals surface area contributed by atoms with Crippen molar-refractivity contribution in [1.29, 1.82) is 0 Å². The van der Waals surface area contributed by atoms with Gasteiger partial charge in [-0.25, -0.2) is 0 Å². The minimum Gasteiger partial charge on any atom is -0.619 e. The third kappa shape index (κ3) is 5.04. The molecule has 0 atom stereocenters. The predicted molar refractivity (Wildman–Crippen MR) is 64.6 cm³/mol. The Labute approximate surface area is 106 Å². The monoisotopic (exact) mass is 257 g/mol. The summed E-state index contributed by atoms with van der Waals surface area (Å²) in [5.41, 5.74) is -0.0397. The first kappa shape index (κ1) is 13.8. The second-order valence-corrected chi connectivity index (χ2v) is 5.18. The van der Waals surface area contributed by atoms with Gasteiger partial charge in [0.15, 0.2) is 11.9 Å². The minimum absolute atomic E-state index is 0.167. The standard InChI is InChI=1S/C12H16ClNO3/c1-12(2,3)17-11(15)5-4-10-8-9(13)6-7-14(10)16/h6-8H,4-5H2,1-3H3. The molecule has 0 spiro atoms. The topological polar surface area (TPSA) is 53.2 Å². The van der Waals surface area contributed by atoms with Gasteiger partial charge in [0.25, 0.3) is 0 Å². The highest BCUT2D eigenvalue weighted by atomic mass is 35.5. The summed E-state index contributed by atoms with van der Waals surface area (Å²) < 4.78 is 5.85. The maximum Gasteiger partial charge on any atom is 0.306 e. The fourth-order valence-electron chi connectivity index (χ4n) is 1.31. The number of hydrogen-bond acceptors (Lipinski definition) is 3. The molecule has 0 radical (unpaired) electrons. The van der Waals surface area contributed by atoms with Gasteiger partial charge in [-0.05, 0) is 20.8 Å². The smallest absolute Gasteiger partial charge is 0.306 e. The van der Waals surface area contributed by atoms with Crippen LogP contribution in [0.2, 0.25) is 5.02 Å². The number of ether oxygens (including phenoxy) is 1. The first-order valence-corrected chi connectivity index (χ1v) is 5.75. The van der Waals surface area contributed by atoms with E-state index in [0.717, 1.165) is 0 Å². The molecule has 0 saturated heterocycles. The Balaban J connectivity index is 2.56. The first-order valence-electron chi connectivity index (χ1n) is 5.37. The highest BCUT2D eigenvalue weighted by Gasteiger charge is 2.17. The molecule has 5 heteroatoms. The van der Waals surface area contributed by atoms with Crippen LogP contribution in [-0.2, 0) is 16.0 Å². The van der Waals surface area contributed by atoms with Crippen molar-refractivity contribution in [2.24, 2.45) is 0 Å². The van der Waals surface area contributed by atoms with Crippen LogP contribution in [0.5, 0.6) is 0 Å². The zero-order valence-corrected chi connectivity index (χ0v) is 11.0. The van der Waals surface area contributed by atoms with Crippen LogP contribution in [0.3, 0.4) is 0 Å². The SMILES string of the molecule is CC(C)(C)OC(=O)CCc1cc(Cl)cc[n+]1[O-]. The third-order valence-electron chi connectivity index (χ3n) is 1.96. The van der Waals surface area contributed by atoms with Crippen molar-refractivity contribution in [3.8, 4) is 0 Å². The zero-order chi connectivity index (χ0) is 13.1. The molecule has 0 saturated carbocycles. The van der Waals surface area contributed by atoms with Gasteiger partial charge in [-0.2, -0.15) is 4.73 Å². The zero-order valence-electron chi connectivity index (χ0n) is 10.2. The molecule has 0 bridgehead atoms. The molecule has 1 aromatic rings. The summed E-state index contributed by atoms with van der Waals surface area (Å²) in [4.78, 5) is 11.5. The lowest BCUT2D eigenvalue weighted by Gasteiger charge is -2.19. The highest BCUT2D eigenvalue weighted by molar-refractivity contribution is 6.30. The Morgan fingerprint density at radius 3 is 2.76 bits per heavy atom. The van der Waals surface area contributed by atoms with Gasteiger partial charge in [-0.15, -0.1) is 0 Å². The summed E-state index contributed by atoms with van der Waals surface area (Å²) in [5.74, 6) is -0.322. The average molecular weight is 258 g/mol. The second-order valence-electron chi connectivity index (χ2n) is 4.75. The van der Waals surface area contributed by atoms with E-state index < -0.39 is 5.60 Å². The van der Waals surface area contributed by atoms with Gasteiger partial charge in [-0.3, -0.25) is 4.79 Å². The Bertz CT molecular complexity index is 413. The minimum atomic E-state index is -0.501. The Kier molecular flexibility index (Phi) is 4.34. The molecule has 1 rings (SSSR count). The van der Waals surface area contributed by atoms with Gasteiger partial charge in [0.1, 0.15) is 5.60 Å². The number of pyridine rings is 1. The van der Waals surface area contributed by atoms with Crippen molar-refractivity contribution >= 4 is 17.6 Å². The third-order valence-corrected chi connectivity index (χ3v) is 2.20. The second kappa shape index (κ2) is 5.36. The average Bonchev–Trinajstić information content (AvgIpc) is 2.17.